The summed E-state index contributed by atoms with van der Waals surface area (Å²) in [7, 11) is 1.58. The van der Waals surface area contributed by atoms with Gasteiger partial charge in [0.25, 0.3) is 11.7 Å². The predicted molar refractivity (Wildman–Crippen MR) is 131 cm³/mol. The lowest BCUT2D eigenvalue weighted by atomic mass is 9.94. The van der Waals surface area contributed by atoms with Crippen molar-refractivity contribution in [2.24, 2.45) is 0 Å². The fourth-order valence-electron chi connectivity index (χ4n) is 4.14. The quantitative estimate of drug-likeness (QED) is 0.274. The van der Waals surface area contributed by atoms with Crippen molar-refractivity contribution in [1.29, 1.82) is 0 Å². The summed E-state index contributed by atoms with van der Waals surface area (Å²) in [6.45, 7) is 4.06. The van der Waals surface area contributed by atoms with Crippen LogP contribution in [0.4, 0.5) is 0 Å². The van der Waals surface area contributed by atoms with Crippen LogP contribution in [0.2, 0.25) is 0 Å². The van der Waals surface area contributed by atoms with Gasteiger partial charge in [0.05, 0.1) is 18.7 Å². The molecule has 5 nitrogen and oxygen atoms in total. The minimum absolute atomic E-state index is 0.0928. The SMILES string of the molecule is COc1cccc(CN2C(=O)C(=O)/C(=C(\O)c3ccc(Br)c(C)c3)C2c2cccc(C)c2)c1. The molecule has 1 unspecified atom stereocenters. The molecule has 1 aliphatic rings. The molecule has 0 radical (unpaired) electrons. The van der Waals surface area contributed by atoms with E-state index in [0.717, 1.165) is 26.7 Å². The lowest BCUT2D eigenvalue weighted by Gasteiger charge is -2.26. The van der Waals surface area contributed by atoms with Crippen molar-refractivity contribution in [2.45, 2.75) is 26.4 Å². The molecule has 6 heteroatoms. The zero-order chi connectivity index (χ0) is 23.7. The number of ketones is 1. The average molecular weight is 506 g/mol. The number of likely N-dealkylation sites (tertiary alicyclic amines) is 1. The van der Waals surface area contributed by atoms with Crippen LogP contribution in [0, 0.1) is 13.8 Å². The number of ether oxygens (including phenoxy) is 1. The van der Waals surface area contributed by atoms with Crippen LogP contribution in [0.25, 0.3) is 5.76 Å². The number of benzene rings is 3. The van der Waals surface area contributed by atoms with Crippen LogP contribution in [0.1, 0.15) is 33.9 Å². The fraction of sp³-hybridized carbons (Fsp3) is 0.185. The summed E-state index contributed by atoms with van der Waals surface area (Å²) >= 11 is 3.46. The average Bonchev–Trinajstić information content (AvgIpc) is 3.05. The Hall–Kier alpha value is -3.38. The first-order valence-electron chi connectivity index (χ1n) is 10.5. The lowest BCUT2D eigenvalue weighted by Crippen LogP contribution is -2.29. The Morgan fingerprint density at radius 3 is 2.48 bits per heavy atom. The molecule has 3 aromatic carbocycles. The Morgan fingerprint density at radius 1 is 1.03 bits per heavy atom. The number of halogens is 1. The maximum atomic E-state index is 13.2. The molecule has 1 saturated heterocycles. The van der Waals surface area contributed by atoms with Crippen LogP contribution in [0.15, 0.2) is 76.8 Å². The van der Waals surface area contributed by atoms with Gasteiger partial charge in [0.1, 0.15) is 11.5 Å². The number of nitrogens with zero attached hydrogens (tertiary/aromatic N) is 1. The largest absolute Gasteiger partial charge is 0.507 e. The van der Waals surface area contributed by atoms with E-state index in [1.54, 1.807) is 19.2 Å². The molecule has 1 fully saturated rings. The normalized spacial score (nSPS) is 17.5. The highest BCUT2D eigenvalue weighted by molar-refractivity contribution is 9.10. The Morgan fingerprint density at radius 2 is 1.79 bits per heavy atom. The van der Waals surface area contributed by atoms with Gasteiger partial charge in [0.2, 0.25) is 0 Å². The van der Waals surface area contributed by atoms with E-state index in [0.29, 0.717) is 11.3 Å². The Balaban J connectivity index is 1.87. The maximum absolute atomic E-state index is 13.2. The third-order valence-electron chi connectivity index (χ3n) is 5.82. The second-order valence-electron chi connectivity index (χ2n) is 8.16. The van der Waals surface area contributed by atoms with Crippen molar-refractivity contribution in [3.63, 3.8) is 0 Å². The number of Topliss-reactive ketones (excluding diaryl/α,β-unsaturated/α-hetero) is 1. The van der Waals surface area contributed by atoms with Gasteiger partial charge in [0, 0.05) is 16.6 Å². The number of rotatable bonds is 5. The summed E-state index contributed by atoms with van der Waals surface area (Å²) in [5.41, 5.74) is 4.10. The van der Waals surface area contributed by atoms with Crippen LogP contribution in [-0.4, -0.2) is 28.8 Å². The standard InChI is InChI=1S/C27H24BrNO4/c1-16-6-4-8-19(12-16)24-23(25(30)20-10-11-22(28)17(2)13-20)26(31)27(32)29(24)15-18-7-5-9-21(14-18)33-3/h4-14,24,30H,15H2,1-3H3/b25-23-. The highest BCUT2D eigenvalue weighted by atomic mass is 79.9. The maximum Gasteiger partial charge on any atom is 0.295 e. The molecule has 3 aromatic rings. The van der Waals surface area contributed by atoms with Crippen molar-refractivity contribution in [2.75, 3.05) is 7.11 Å². The molecule has 1 N–H and O–H groups in total. The van der Waals surface area contributed by atoms with E-state index in [-0.39, 0.29) is 17.9 Å². The minimum atomic E-state index is -0.708. The zero-order valence-electron chi connectivity index (χ0n) is 18.6. The minimum Gasteiger partial charge on any atom is -0.507 e. The summed E-state index contributed by atoms with van der Waals surface area (Å²) in [5, 5.41) is 11.2. The molecule has 1 atom stereocenters. The molecule has 1 amide bonds. The first-order valence-corrected chi connectivity index (χ1v) is 11.3. The molecular formula is C27H24BrNO4. The molecule has 0 aromatic heterocycles. The number of aliphatic hydroxyl groups is 1. The number of hydrogen-bond donors (Lipinski definition) is 1. The van der Waals surface area contributed by atoms with E-state index in [4.69, 9.17) is 4.74 Å². The van der Waals surface area contributed by atoms with Crippen LogP contribution in [-0.2, 0) is 16.1 Å². The number of aliphatic hydroxyl groups excluding tert-OH is 1. The van der Waals surface area contributed by atoms with Crippen molar-refractivity contribution in [3.8, 4) is 5.75 Å². The van der Waals surface area contributed by atoms with E-state index in [1.807, 2.05) is 68.4 Å². The van der Waals surface area contributed by atoms with E-state index in [2.05, 4.69) is 15.9 Å². The third kappa shape index (κ3) is 4.44. The molecule has 1 aliphatic heterocycles. The molecule has 1 heterocycles. The van der Waals surface area contributed by atoms with E-state index in [1.165, 1.54) is 4.90 Å². The molecule has 0 saturated carbocycles. The van der Waals surface area contributed by atoms with Gasteiger partial charge < -0.3 is 14.7 Å². The summed E-state index contributed by atoms with van der Waals surface area (Å²) in [4.78, 5) is 27.9. The van der Waals surface area contributed by atoms with Crippen molar-refractivity contribution in [1.82, 2.24) is 4.90 Å². The second kappa shape index (κ2) is 9.24. The topological polar surface area (TPSA) is 66.8 Å². The number of carbonyl (C=O) groups is 2. The van der Waals surface area contributed by atoms with Gasteiger partial charge >= 0.3 is 0 Å². The van der Waals surface area contributed by atoms with Gasteiger partial charge in [-0.2, -0.15) is 0 Å². The Bertz CT molecular complexity index is 1280. The summed E-state index contributed by atoms with van der Waals surface area (Å²) in [6, 6.07) is 19.7. The third-order valence-corrected chi connectivity index (χ3v) is 6.71. The smallest absolute Gasteiger partial charge is 0.295 e. The van der Waals surface area contributed by atoms with Gasteiger partial charge in [-0.25, -0.2) is 0 Å². The van der Waals surface area contributed by atoms with Crippen molar-refractivity contribution < 1.29 is 19.4 Å². The molecule has 0 aliphatic carbocycles. The van der Waals surface area contributed by atoms with Crippen molar-refractivity contribution in [3.05, 3.63) is 105 Å². The van der Waals surface area contributed by atoms with E-state index < -0.39 is 17.7 Å². The first kappa shape index (κ1) is 22.8. The molecular weight excluding hydrogens is 482 g/mol. The van der Waals surface area contributed by atoms with E-state index >= 15 is 0 Å². The number of carbonyl (C=O) groups excluding carboxylic acids is 2. The van der Waals surface area contributed by atoms with Gasteiger partial charge in [-0.05, 0) is 54.8 Å². The Kier molecular flexibility index (Phi) is 6.38. The van der Waals surface area contributed by atoms with Gasteiger partial charge in [-0.3, -0.25) is 9.59 Å². The lowest BCUT2D eigenvalue weighted by molar-refractivity contribution is -0.140. The highest BCUT2D eigenvalue weighted by Gasteiger charge is 2.46. The van der Waals surface area contributed by atoms with E-state index in [9.17, 15) is 14.7 Å². The summed E-state index contributed by atoms with van der Waals surface area (Å²) in [6.07, 6.45) is 0. The predicted octanol–water partition coefficient (Wildman–Crippen LogP) is 5.70. The number of aryl methyl sites for hydroxylation is 2. The highest BCUT2D eigenvalue weighted by Crippen LogP contribution is 2.41. The Labute approximate surface area is 201 Å². The van der Waals surface area contributed by atoms with Crippen LogP contribution in [0.3, 0.4) is 0 Å². The molecule has 0 bridgehead atoms. The van der Waals surface area contributed by atoms with Gasteiger partial charge in [0.15, 0.2) is 0 Å². The first-order chi connectivity index (χ1) is 15.8. The fourth-order valence-corrected chi connectivity index (χ4v) is 4.39. The molecule has 168 valence electrons. The molecule has 0 spiro atoms. The van der Waals surface area contributed by atoms with Crippen LogP contribution < -0.4 is 4.74 Å². The van der Waals surface area contributed by atoms with Gasteiger partial charge in [-0.15, -0.1) is 0 Å². The van der Waals surface area contributed by atoms with Gasteiger partial charge in [-0.1, -0.05) is 64.0 Å². The zero-order valence-corrected chi connectivity index (χ0v) is 20.2. The number of methoxy groups -OCH3 is 1. The second-order valence-corrected chi connectivity index (χ2v) is 9.01. The molecule has 33 heavy (non-hydrogen) atoms. The molecule has 4 rings (SSSR count). The summed E-state index contributed by atoms with van der Waals surface area (Å²) < 4.78 is 6.21. The number of amides is 1. The van der Waals surface area contributed by atoms with Crippen LogP contribution in [0.5, 0.6) is 5.75 Å². The monoisotopic (exact) mass is 505 g/mol. The summed E-state index contributed by atoms with van der Waals surface area (Å²) in [5.74, 6) is -0.840. The van der Waals surface area contributed by atoms with Crippen LogP contribution >= 0.6 is 15.9 Å². The van der Waals surface area contributed by atoms with Crippen molar-refractivity contribution >= 4 is 33.4 Å². The number of hydrogen-bond acceptors (Lipinski definition) is 4.